The maximum absolute atomic E-state index is 12.6. The van der Waals surface area contributed by atoms with E-state index in [1.807, 2.05) is 0 Å². The van der Waals surface area contributed by atoms with Gasteiger partial charge in [-0.2, -0.15) is 13.2 Å². The number of ether oxygens (including phenoxy) is 1. The molecule has 0 saturated heterocycles. The van der Waals surface area contributed by atoms with Gasteiger partial charge in [0.15, 0.2) is 0 Å². The molecular weight excluding hydrogens is 423 g/mol. The van der Waals surface area contributed by atoms with Crippen LogP contribution in [0.3, 0.4) is 0 Å². The van der Waals surface area contributed by atoms with Crippen LogP contribution in [0, 0.1) is 0 Å². The Bertz CT molecular complexity index is 1110. The minimum Gasteiger partial charge on any atom is -0.489 e. The van der Waals surface area contributed by atoms with Crippen LogP contribution < -0.4 is 10.1 Å². The maximum Gasteiger partial charge on any atom is 0.416 e. The highest BCUT2D eigenvalue weighted by Gasteiger charge is 2.29. The smallest absolute Gasteiger partial charge is 0.416 e. The lowest BCUT2D eigenvalue weighted by molar-refractivity contribution is -0.137. The normalized spacial score (nSPS) is 11.7. The Morgan fingerprint density at radius 3 is 2.09 bits per heavy atom. The summed E-state index contributed by atoms with van der Waals surface area (Å²) in [6.45, 7) is 0.0703. The van der Waals surface area contributed by atoms with Gasteiger partial charge in [0.25, 0.3) is 5.91 Å². The second-order valence-corrected chi connectivity index (χ2v) is 6.74. The number of benzene rings is 3. The van der Waals surface area contributed by atoms with Crippen molar-refractivity contribution < 1.29 is 32.6 Å². The van der Waals surface area contributed by atoms with Gasteiger partial charge in [-0.3, -0.25) is 4.79 Å². The summed E-state index contributed by atoms with van der Waals surface area (Å²) in [6.07, 6.45) is -3.08. The van der Waals surface area contributed by atoms with Crippen LogP contribution in [0.5, 0.6) is 5.75 Å². The number of halogens is 3. The second-order valence-electron chi connectivity index (χ2n) is 6.74. The van der Waals surface area contributed by atoms with E-state index in [0.717, 1.165) is 12.1 Å². The molecule has 0 bridgehead atoms. The molecule has 164 valence electrons. The van der Waals surface area contributed by atoms with Crippen molar-refractivity contribution in [1.82, 2.24) is 5.32 Å². The van der Waals surface area contributed by atoms with Crippen molar-refractivity contribution in [3.8, 4) is 5.75 Å². The fourth-order valence-electron chi connectivity index (χ4n) is 2.72. The highest BCUT2D eigenvalue weighted by atomic mass is 19.4. The van der Waals surface area contributed by atoms with Crippen molar-refractivity contribution >= 4 is 18.0 Å². The van der Waals surface area contributed by atoms with Crippen LogP contribution in [0.2, 0.25) is 0 Å². The van der Waals surface area contributed by atoms with Crippen LogP contribution in [0.25, 0.3) is 6.08 Å². The molecule has 0 atom stereocenters. The molecule has 0 spiro atoms. The number of nitrogens with one attached hydrogen (secondary N) is 1. The zero-order valence-electron chi connectivity index (χ0n) is 16.6. The highest BCUT2D eigenvalue weighted by molar-refractivity contribution is 6.02. The molecular formula is C24H18F3NO4. The second kappa shape index (κ2) is 9.82. The van der Waals surface area contributed by atoms with E-state index in [1.54, 1.807) is 54.6 Å². The van der Waals surface area contributed by atoms with E-state index in [9.17, 15) is 27.9 Å². The summed E-state index contributed by atoms with van der Waals surface area (Å²) < 4.78 is 43.4. The predicted molar refractivity (Wildman–Crippen MR) is 112 cm³/mol. The Balaban J connectivity index is 1.63. The summed E-state index contributed by atoms with van der Waals surface area (Å²) in [7, 11) is 0. The zero-order valence-corrected chi connectivity index (χ0v) is 16.6. The number of carbonyl (C=O) groups excluding carboxylic acids is 1. The third kappa shape index (κ3) is 6.21. The first-order valence-corrected chi connectivity index (χ1v) is 9.43. The molecule has 32 heavy (non-hydrogen) atoms. The summed E-state index contributed by atoms with van der Waals surface area (Å²) in [5.74, 6) is -1.39. The lowest BCUT2D eigenvalue weighted by atomic mass is 10.1. The van der Waals surface area contributed by atoms with Crippen molar-refractivity contribution in [3.05, 3.63) is 107 Å². The van der Waals surface area contributed by atoms with Crippen LogP contribution >= 0.6 is 0 Å². The molecule has 3 aromatic rings. The largest absolute Gasteiger partial charge is 0.489 e. The summed E-state index contributed by atoms with van der Waals surface area (Å²) in [6, 6.07) is 19.3. The molecule has 2 N–H and O–H groups in total. The van der Waals surface area contributed by atoms with Crippen molar-refractivity contribution in [2.45, 2.75) is 12.8 Å². The third-order valence-corrected chi connectivity index (χ3v) is 4.39. The van der Waals surface area contributed by atoms with Gasteiger partial charge in [0, 0.05) is 5.56 Å². The Morgan fingerprint density at radius 1 is 0.906 bits per heavy atom. The number of aliphatic carboxylic acids is 1. The number of carbonyl (C=O) groups is 2. The van der Waals surface area contributed by atoms with E-state index in [-0.39, 0.29) is 12.3 Å². The molecule has 3 aromatic carbocycles. The summed E-state index contributed by atoms with van der Waals surface area (Å²) in [5.41, 5.74) is 0.381. The fraction of sp³-hybridized carbons (Fsp3) is 0.0833. The molecule has 0 radical (unpaired) electrons. The molecule has 0 aliphatic rings. The van der Waals surface area contributed by atoms with Gasteiger partial charge in [-0.05, 0) is 53.6 Å². The third-order valence-electron chi connectivity index (χ3n) is 4.39. The fourth-order valence-corrected chi connectivity index (χ4v) is 2.72. The molecule has 0 aliphatic heterocycles. The average molecular weight is 441 g/mol. The zero-order chi connectivity index (χ0) is 23.1. The number of carboxylic acid groups (broad SMARTS) is 1. The topological polar surface area (TPSA) is 75.6 Å². The monoisotopic (exact) mass is 441 g/mol. The van der Waals surface area contributed by atoms with E-state index < -0.39 is 23.6 Å². The van der Waals surface area contributed by atoms with Gasteiger partial charge in [-0.15, -0.1) is 0 Å². The Labute approximate surface area is 181 Å². The van der Waals surface area contributed by atoms with Gasteiger partial charge in [0.1, 0.15) is 18.1 Å². The highest BCUT2D eigenvalue weighted by Crippen LogP contribution is 2.29. The van der Waals surface area contributed by atoms with Crippen molar-refractivity contribution in [2.24, 2.45) is 0 Å². The van der Waals surface area contributed by atoms with Gasteiger partial charge in [-0.1, -0.05) is 42.5 Å². The quantitative estimate of drug-likeness (QED) is 0.498. The van der Waals surface area contributed by atoms with E-state index in [0.29, 0.717) is 22.4 Å². The first-order chi connectivity index (χ1) is 15.2. The molecule has 0 aromatic heterocycles. The number of alkyl halides is 3. The van der Waals surface area contributed by atoms with Gasteiger partial charge in [0.2, 0.25) is 0 Å². The average Bonchev–Trinajstić information content (AvgIpc) is 2.78. The first-order valence-electron chi connectivity index (χ1n) is 9.43. The molecule has 1 amide bonds. The van der Waals surface area contributed by atoms with E-state index in [4.69, 9.17) is 4.74 Å². The van der Waals surface area contributed by atoms with E-state index in [1.165, 1.54) is 18.2 Å². The van der Waals surface area contributed by atoms with Gasteiger partial charge in [-0.25, -0.2) is 4.79 Å². The van der Waals surface area contributed by atoms with Crippen molar-refractivity contribution in [2.75, 3.05) is 0 Å². The minimum atomic E-state index is -4.39. The van der Waals surface area contributed by atoms with E-state index in [2.05, 4.69) is 5.32 Å². The molecule has 0 saturated carbocycles. The SMILES string of the molecule is O=C(O)/C(=C/c1ccc(OCc2ccc(C(F)(F)F)cc2)cc1)NC(=O)c1ccccc1. The van der Waals surface area contributed by atoms with Crippen LogP contribution in [0.1, 0.15) is 27.0 Å². The Kier molecular flexibility index (Phi) is 6.94. The molecule has 0 aliphatic carbocycles. The minimum absolute atomic E-state index is 0.0703. The summed E-state index contributed by atoms with van der Waals surface area (Å²) in [4.78, 5) is 23.7. The number of hydrogen-bond acceptors (Lipinski definition) is 3. The Hall–Kier alpha value is -4.07. The molecule has 8 heteroatoms. The van der Waals surface area contributed by atoms with Crippen LogP contribution in [-0.4, -0.2) is 17.0 Å². The molecule has 0 unspecified atom stereocenters. The molecule has 0 fully saturated rings. The standard InChI is InChI=1S/C24H18F3NO4/c25-24(26,27)19-10-6-17(7-11-19)15-32-20-12-8-16(9-13-20)14-21(23(30)31)28-22(29)18-4-2-1-3-5-18/h1-14H,15H2,(H,28,29)(H,30,31)/b21-14-. The van der Waals surface area contributed by atoms with Gasteiger partial charge in [0.05, 0.1) is 5.56 Å². The van der Waals surface area contributed by atoms with Gasteiger partial charge < -0.3 is 15.2 Å². The first kappa shape index (κ1) is 22.6. The van der Waals surface area contributed by atoms with Crippen LogP contribution in [0.15, 0.2) is 84.6 Å². The number of carboxylic acids is 1. The number of rotatable bonds is 7. The predicted octanol–water partition coefficient (Wildman–Crippen LogP) is 5.14. The van der Waals surface area contributed by atoms with Crippen molar-refractivity contribution in [1.29, 1.82) is 0 Å². The molecule has 3 rings (SSSR count). The van der Waals surface area contributed by atoms with Crippen LogP contribution in [0.4, 0.5) is 13.2 Å². The maximum atomic E-state index is 12.6. The summed E-state index contributed by atoms with van der Waals surface area (Å²) >= 11 is 0. The number of hydrogen-bond donors (Lipinski definition) is 2. The summed E-state index contributed by atoms with van der Waals surface area (Å²) in [5, 5.41) is 11.8. The van der Waals surface area contributed by atoms with Crippen molar-refractivity contribution in [3.63, 3.8) is 0 Å². The van der Waals surface area contributed by atoms with Gasteiger partial charge >= 0.3 is 12.1 Å². The molecule has 0 heterocycles. The lowest BCUT2D eigenvalue weighted by Crippen LogP contribution is -2.27. The molecule has 5 nitrogen and oxygen atoms in total. The van der Waals surface area contributed by atoms with Crippen LogP contribution in [-0.2, 0) is 17.6 Å². The lowest BCUT2D eigenvalue weighted by Gasteiger charge is -2.09. The number of amides is 1. The van der Waals surface area contributed by atoms with E-state index >= 15 is 0 Å². The Morgan fingerprint density at radius 2 is 1.53 bits per heavy atom.